The molecule has 42 nitrogen and oxygen atoms in total. The molecule has 0 radical (unpaired) electrons. The van der Waals surface area contributed by atoms with Gasteiger partial charge < -0.3 is 115 Å². The minimum Gasteiger partial charge on any atom is -0.475 e. The van der Waals surface area contributed by atoms with E-state index in [-0.39, 0.29) is 118 Å². The maximum Gasteiger partial charge on any atom is 0.374 e. The number of aromatic carboxylic acids is 10. The molecular weight excluding hydrogens is 1460 g/mol. The first-order valence-electron chi connectivity index (χ1n) is 28.6. The Morgan fingerprint density at radius 1 is 0.278 bits per heavy atom. The van der Waals surface area contributed by atoms with Crippen molar-refractivity contribution in [1.29, 1.82) is 0 Å². The van der Waals surface area contributed by atoms with Gasteiger partial charge in [0.2, 0.25) is 63.4 Å². The van der Waals surface area contributed by atoms with E-state index in [1.807, 2.05) is 6.92 Å². The van der Waals surface area contributed by atoms with Crippen molar-refractivity contribution in [3.8, 4) is 0 Å². The van der Waals surface area contributed by atoms with Gasteiger partial charge in [-0.2, -0.15) is 0 Å². The van der Waals surface area contributed by atoms with Crippen LogP contribution in [0.1, 0.15) is 217 Å². The lowest BCUT2D eigenvalue weighted by atomic mass is 10.4. The average Bonchev–Trinajstić information content (AvgIpc) is 1.77. The molecule has 0 aromatic carbocycles. The fourth-order valence-electron chi connectivity index (χ4n) is 6.05. The SMILES string of the molecule is CC(=O)OCc1ccc(C=O)o1.CCOC(=O)c1ccc(C(=O)O)o1.CCOCc1ccc(C=O)o1.O=C(O)c1ccc(C(=O)O)o1.O=C(O)c1ccc(C(=O)O)o1.O=C(O)c1ccc(C(=O)O)o1.O=Cc1ccc(C(=O)O)o1.O=Cc1ccc(C(=O)O)o1.O=Cc1ccc(C(=O)O)o1.O=Cc1ccc(CO)o1. The summed E-state index contributed by atoms with van der Waals surface area (Å²) < 4.78 is 60.5. The number of carboxylic acids is 10. The topological polar surface area (TPSA) is 689 Å². The lowest BCUT2D eigenvalue weighted by molar-refractivity contribution is -0.142. The van der Waals surface area contributed by atoms with Gasteiger partial charge >= 0.3 is 71.6 Å². The first-order valence-corrected chi connectivity index (χ1v) is 28.6. The molecule has 572 valence electrons. The lowest BCUT2D eigenvalue weighted by Gasteiger charge is -1.96. The number of carbonyl (C=O) groups is 18. The predicted molar refractivity (Wildman–Crippen MR) is 342 cm³/mol. The summed E-state index contributed by atoms with van der Waals surface area (Å²) in [5.74, 6) is -14.2. The van der Waals surface area contributed by atoms with Gasteiger partial charge in [-0.25, -0.2) is 52.7 Å². The Hall–Kier alpha value is -15.6. The summed E-state index contributed by atoms with van der Waals surface area (Å²) in [7, 11) is 0. The van der Waals surface area contributed by atoms with E-state index in [4.69, 9.17) is 74.2 Å². The molecule has 0 fully saturated rings. The zero-order chi connectivity index (χ0) is 81.6. The van der Waals surface area contributed by atoms with Gasteiger partial charge in [0.15, 0.2) is 72.3 Å². The van der Waals surface area contributed by atoms with Gasteiger partial charge in [-0.1, -0.05) is 0 Å². The van der Waals surface area contributed by atoms with E-state index >= 15 is 0 Å². The second-order valence-electron chi connectivity index (χ2n) is 18.2. The minimum absolute atomic E-state index is 0.0254. The molecule has 0 aliphatic rings. The van der Waals surface area contributed by atoms with Crippen molar-refractivity contribution in [2.24, 2.45) is 0 Å². The smallest absolute Gasteiger partial charge is 0.374 e. The third-order valence-corrected chi connectivity index (χ3v) is 10.7. The average molecular weight is 1520 g/mol. The predicted octanol–water partition coefficient (Wildman–Crippen LogP) is 8.92. The number of rotatable bonds is 24. The van der Waals surface area contributed by atoms with Crippen LogP contribution in [0.25, 0.3) is 0 Å². The number of aliphatic hydroxyl groups excluding tert-OH is 1. The van der Waals surface area contributed by atoms with Crippen LogP contribution in [0.2, 0.25) is 0 Å². The number of furan rings is 10. The second kappa shape index (κ2) is 48.2. The van der Waals surface area contributed by atoms with Gasteiger partial charge in [-0.15, -0.1) is 0 Å². The summed E-state index contributed by atoms with van der Waals surface area (Å²) in [6.07, 6.45) is 3.22. The Bertz CT molecular complexity index is 4270. The quantitative estimate of drug-likeness (QED) is 0.0198. The standard InChI is InChI=1S/C8H8O5.C8H8O4.C8H10O3.3C6H4O5.3C6H4O4.C6H6O3/c1-2-12-8(11)6-4-3-5(13-6)7(9)10;1-6(10)11-5-8-3-2-7(4-9)12-8;1-2-10-6-8-4-3-7(5-9)11-8;3*7-5(8)3-1-2-4(11-3)6(9)10;3*7-3-4-1-2-5(10-4)6(8)9;7-3-5-1-2-6(4-8)9-5/h3-4H,2H2,1H3,(H,9,10);2-4H,5H2,1H3;3-5H,2,6H2,1H3;3*1-2H,(H,7,8)(H,9,10);3*1-3H,(H,8,9);1-3,8H,4H2. The molecule has 0 unspecified atom stereocenters. The van der Waals surface area contributed by atoms with E-state index in [0.29, 0.717) is 74.0 Å². The number of aldehydes is 6. The van der Waals surface area contributed by atoms with Crippen molar-refractivity contribution >= 4 is 109 Å². The molecular formula is C66H56O42. The molecule has 0 saturated heterocycles. The Balaban J connectivity index is 0.000000601. The van der Waals surface area contributed by atoms with Crippen LogP contribution in [0, 0.1) is 0 Å². The summed E-state index contributed by atoms with van der Waals surface area (Å²) in [5, 5.41) is 91.5. The molecule has 0 atom stereocenters. The molecule has 10 rings (SSSR count). The number of hydrogen-bond donors (Lipinski definition) is 11. The minimum atomic E-state index is -1.28. The Kier molecular flexibility index (Phi) is 40.4. The Morgan fingerprint density at radius 3 is 0.685 bits per heavy atom. The zero-order valence-electron chi connectivity index (χ0n) is 55.1. The Labute approximate surface area is 598 Å². The van der Waals surface area contributed by atoms with Crippen LogP contribution in [0.5, 0.6) is 0 Å². The highest BCUT2D eigenvalue weighted by Gasteiger charge is 2.18. The van der Waals surface area contributed by atoms with Gasteiger partial charge in [-0.3, -0.25) is 33.6 Å². The number of hydrogen-bond acceptors (Lipinski definition) is 32. The summed E-state index contributed by atoms with van der Waals surface area (Å²) >= 11 is 0. The van der Waals surface area contributed by atoms with Crippen LogP contribution in [0.4, 0.5) is 0 Å². The highest BCUT2D eigenvalue weighted by molar-refractivity contribution is 5.92. The highest BCUT2D eigenvalue weighted by atomic mass is 16.6. The summed E-state index contributed by atoms with van der Waals surface area (Å²) in [6.45, 7) is 6.09. The van der Waals surface area contributed by atoms with Gasteiger partial charge in [0.25, 0.3) is 0 Å². The van der Waals surface area contributed by atoms with Crippen molar-refractivity contribution in [2.45, 2.75) is 40.6 Å². The molecule has 10 aromatic rings. The largest absolute Gasteiger partial charge is 0.475 e. The van der Waals surface area contributed by atoms with E-state index in [1.54, 1.807) is 31.2 Å². The molecule has 10 aromatic heterocycles. The van der Waals surface area contributed by atoms with Gasteiger partial charge in [0.1, 0.15) is 37.1 Å². The number of aliphatic hydroxyl groups is 1. The number of carboxylic acid groups (broad SMARTS) is 10. The summed E-state index contributed by atoms with van der Waals surface area (Å²) in [6, 6.07) is 26.1. The van der Waals surface area contributed by atoms with E-state index < -0.39 is 65.7 Å². The molecule has 0 saturated carbocycles. The maximum atomic E-state index is 11.0. The first kappa shape index (κ1) is 90.4. The molecule has 42 heteroatoms. The number of esters is 2. The second-order valence-corrected chi connectivity index (χ2v) is 18.2. The Morgan fingerprint density at radius 2 is 0.491 bits per heavy atom. The van der Waals surface area contributed by atoms with Crippen LogP contribution >= 0.6 is 0 Å². The lowest BCUT2D eigenvalue weighted by Crippen LogP contribution is -2.03. The third kappa shape index (κ3) is 34.6. The molecule has 0 spiro atoms. The summed E-state index contributed by atoms with van der Waals surface area (Å²) in [5.41, 5.74) is 0. The number of carbonyl (C=O) groups excluding carboxylic acids is 8. The van der Waals surface area contributed by atoms with Crippen molar-refractivity contribution in [3.63, 3.8) is 0 Å². The third-order valence-electron chi connectivity index (χ3n) is 10.7. The van der Waals surface area contributed by atoms with E-state index in [1.165, 1.54) is 67.6 Å². The molecule has 108 heavy (non-hydrogen) atoms. The maximum absolute atomic E-state index is 11.0. The van der Waals surface area contributed by atoms with Gasteiger partial charge in [-0.05, 0) is 135 Å². The first-order chi connectivity index (χ1) is 51.1. The van der Waals surface area contributed by atoms with Crippen LogP contribution in [-0.4, -0.2) is 179 Å². The van der Waals surface area contributed by atoms with Crippen molar-refractivity contribution < 1.29 is 201 Å². The molecule has 10 heterocycles. The van der Waals surface area contributed by atoms with Crippen LogP contribution < -0.4 is 0 Å². The molecule has 11 N–H and O–H groups in total. The molecule has 0 aliphatic heterocycles. The van der Waals surface area contributed by atoms with Crippen LogP contribution in [0.3, 0.4) is 0 Å². The molecule has 0 bridgehead atoms. The monoisotopic (exact) mass is 1520 g/mol. The zero-order valence-corrected chi connectivity index (χ0v) is 55.1. The van der Waals surface area contributed by atoms with Crippen molar-refractivity contribution in [3.05, 3.63) is 237 Å². The molecule has 0 aliphatic carbocycles. The fourth-order valence-corrected chi connectivity index (χ4v) is 6.05. The fraction of sp³-hybridized carbons (Fsp3) is 0.121. The normalized spacial score (nSPS) is 9.44. The number of ether oxygens (including phenoxy) is 3. The molecule has 0 amide bonds. The van der Waals surface area contributed by atoms with E-state index in [0.717, 1.165) is 36.4 Å². The van der Waals surface area contributed by atoms with E-state index in [2.05, 4.69) is 40.4 Å². The van der Waals surface area contributed by atoms with Gasteiger partial charge in [0.05, 0.1) is 6.61 Å². The van der Waals surface area contributed by atoms with Crippen molar-refractivity contribution in [2.75, 3.05) is 13.2 Å². The van der Waals surface area contributed by atoms with Crippen molar-refractivity contribution in [1.82, 2.24) is 0 Å². The van der Waals surface area contributed by atoms with E-state index in [9.17, 15) is 86.3 Å². The highest BCUT2D eigenvalue weighted by Crippen LogP contribution is 2.14. The summed E-state index contributed by atoms with van der Waals surface area (Å²) in [4.78, 5) is 183. The van der Waals surface area contributed by atoms with Crippen LogP contribution in [0.15, 0.2) is 165 Å². The van der Waals surface area contributed by atoms with Gasteiger partial charge in [0, 0.05) is 13.5 Å². The van der Waals surface area contributed by atoms with Crippen LogP contribution in [-0.2, 0) is 38.8 Å².